The molecule has 2 aromatic carbocycles. The van der Waals surface area contributed by atoms with Crippen molar-refractivity contribution < 1.29 is 9.21 Å². The van der Waals surface area contributed by atoms with Gasteiger partial charge in [0, 0.05) is 10.6 Å². The van der Waals surface area contributed by atoms with Crippen LogP contribution in [0.1, 0.15) is 11.3 Å². The minimum absolute atomic E-state index is 0.108. The van der Waals surface area contributed by atoms with E-state index in [0.717, 1.165) is 16.8 Å². The third-order valence-electron chi connectivity index (χ3n) is 4.46. The van der Waals surface area contributed by atoms with Crippen LogP contribution < -0.4 is 5.32 Å². The van der Waals surface area contributed by atoms with E-state index in [1.54, 1.807) is 12.3 Å². The monoisotopic (exact) mass is 438 g/mol. The van der Waals surface area contributed by atoms with Gasteiger partial charge in [-0.05, 0) is 55.0 Å². The van der Waals surface area contributed by atoms with Gasteiger partial charge in [0.25, 0.3) is 0 Å². The molecule has 0 spiro atoms. The van der Waals surface area contributed by atoms with Crippen molar-refractivity contribution in [1.82, 2.24) is 20.1 Å². The quantitative estimate of drug-likeness (QED) is 0.415. The summed E-state index contributed by atoms with van der Waals surface area (Å²) in [5, 5.41) is 12.9. The molecular weight excluding hydrogens is 420 g/mol. The predicted octanol–water partition coefficient (Wildman–Crippen LogP) is 4.90. The molecule has 0 bridgehead atoms. The molecule has 30 heavy (non-hydrogen) atoms. The fourth-order valence-corrected chi connectivity index (χ4v) is 3.86. The van der Waals surface area contributed by atoms with Gasteiger partial charge in [0.1, 0.15) is 5.76 Å². The fraction of sp³-hybridized carbons (Fsp3) is 0.136. The number of benzene rings is 2. The first-order valence-electron chi connectivity index (χ1n) is 9.31. The molecule has 0 aliphatic carbocycles. The van der Waals surface area contributed by atoms with Crippen LogP contribution in [-0.2, 0) is 11.3 Å². The van der Waals surface area contributed by atoms with Crippen molar-refractivity contribution in [3.63, 3.8) is 0 Å². The Morgan fingerprint density at radius 2 is 1.90 bits per heavy atom. The third-order valence-corrected chi connectivity index (χ3v) is 5.65. The highest BCUT2D eigenvalue weighted by Crippen LogP contribution is 2.30. The maximum Gasteiger partial charge on any atom is 0.230 e. The van der Waals surface area contributed by atoms with Gasteiger partial charge < -0.3 is 9.73 Å². The topological polar surface area (TPSA) is 73.0 Å². The number of aryl methyl sites for hydroxylation is 1. The average molecular weight is 439 g/mol. The van der Waals surface area contributed by atoms with Crippen molar-refractivity contribution in [2.24, 2.45) is 0 Å². The van der Waals surface area contributed by atoms with Gasteiger partial charge in [-0.25, -0.2) is 0 Å². The van der Waals surface area contributed by atoms with Crippen LogP contribution in [0.15, 0.2) is 76.5 Å². The van der Waals surface area contributed by atoms with E-state index in [2.05, 4.69) is 15.5 Å². The predicted molar refractivity (Wildman–Crippen MR) is 118 cm³/mol. The summed E-state index contributed by atoms with van der Waals surface area (Å²) in [6.45, 7) is 2.39. The lowest BCUT2D eigenvalue weighted by Crippen LogP contribution is -2.24. The van der Waals surface area contributed by atoms with Crippen molar-refractivity contribution in [3.05, 3.63) is 83.3 Å². The first-order chi connectivity index (χ1) is 14.6. The zero-order valence-electron chi connectivity index (χ0n) is 16.2. The molecule has 2 heterocycles. The molecule has 1 amide bonds. The van der Waals surface area contributed by atoms with Crippen LogP contribution in [0.25, 0.3) is 17.1 Å². The average Bonchev–Trinajstić information content (AvgIpc) is 3.42. The van der Waals surface area contributed by atoms with E-state index in [1.807, 2.05) is 66.1 Å². The molecule has 8 heteroatoms. The van der Waals surface area contributed by atoms with Gasteiger partial charge >= 0.3 is 0 Å². The van der Waals surface area contributed by atoms with Gasteiger partial charge in [-0.1, -0.05) is 41.6 Å². The summed E-state index contributed by atoms with van der Waals surface area (Å²) in [5.41, 5.74) is 2.94. The van der Waals surface area contributed by atoms with Gasteiger partial charge in [-0.2, -0.15) is 0 Å². The van der Waals surface area contributed by atoms with E-state index in [0.29, 0.717) is 28.3 Å². The van der Waals surface area contributed by atoms with Crippen molar-refractivity contribution >= 4 is 29.3 Å². The number of amides is 1. The van der Waals surface area contributed by atoms with Crippen LogP contribution in [0, 0.1) is 6.92 Å². The standard InChI is InChI=1S/C22H19ClN4O2S/c1-15-5-2-3-7-19(15)27-21(16-8-10-17(23)11-9-16)25-26-22(27)30-14-20(28)24-13-18-6-4-12-29-18/h2-12H,13-14H2,1H3,(H,24,28). The van der Waals surface area contributed by atoms with Gasteiger partial charge in [0.15, 0.2) is 11.0 Å². The normalized spacial score (nSPS) is 10.9. The van der Waals surface area contributed by atoms with E-state index in [-0.39, 0.29) is 11.7 Å². The van der Waals surface area contributed by atoms with Crippen LogP contribution in [0.3, 0.4) is 0 Å². The molecule has 1 N–H and O–H groups in total. The molecule has 152 valence electrons. The Kier molecular flexibility index (Phi) is 6.21. The maximum atomic E-state index is 12.3. The van der Waals surface area contributed by atoms with Crippen LogP contribution in [0.5, 0.6) is 0 Å². The van der Waals surface area contributed by atoms with E-state index < -0.39 is 0 Å². The molecule has 0 saturated carbocycles. The Balaban J connectivity index is 1.59. The molecule has 0 unspecified atom stereocenters. The molecule has 0 fully saturated rings. The summed E-state index contributed by atoms with van der Waals surface area (Å²) in [4.78, 5) is 12.3. The molecular formula is C22H19ClN4O2S. The number of carbonyl (C=O) groups is 1. The smallest absolute Gasteiger partial charge is 0.230 e. The first kappa shape index (κ1) is 20.3. The second kappa shape index (κ2) is 9.19. The number of nitrogens with zero attached hydrogens (tertiary/aromatic N) is 3. The summed E-state index contributed by atoms with van der Waals surface area (Å²) >= 11 is 7.37. The number of para-hydroxylation sites is 1. The summed E-state index contributed by atoms with van der Waals surface area (Å²) in [6, 6.07) is 19.1. The lowest BCUT2D eigenvalue weighted by atomic mass is 10.1. The van der Waals surface area contributed by atoms with Crippen molar-refractivity contribution in [1.29, 1.82) is 0 Å². The molecule has 0 radical (unpaired) electrons. The van der Waals surface area contributed by atoms with E-state index in [1.165, 1.54) is 11.8 Å². The number of aromatic nitrogens is 3. The van der Waals surface area contributed by atoms with Gasteiger partial charge in [0.05, 0.1) is 24.2 Å². The number of rotatable bonds is 7. The van der Waals surface area contributed by atoms with Crippen molar-refractivity contribution in [2.75, 3.05) is 5.75 Å². The fourth-order valence-electron chi connectivity index (χ4n) is 2.96. The zero-order chi connectivity index (χ0) is 20.9. The molecule has 6 nitrogen and oxygen atoms in total. The highest BCUT2D eigenvalue weighted by atomic mass is 35.5. The number of halogens is 1. The minimum atomic E-state index is -0.108. The highest BCUT2D eigenvalue weighted by Gasteiger charge is 2.18. The van der Waals surface area contributed by atoms with Crippen LogP contribution in [0.2, 0.25) is 5.02 Å². The first-order valence-corrected chi connectivity index (χ1v) is 10.7. The number of thioether (sulfide) groups is 1. The van der Waals surface area contributed by atoms with E-state index >= 15 is 0 Å². The third kappa shape index (κ3) is 4.58. The van der Waals surface area contributed by atoms with E-state index in [9.17, 15) is 4.79 Å². The molecule has 0 aliphatic rings. The number of hydrogen-bond acceptors (Lipinski definition) is 5. The Bertz CT molecular complexity index is 1140. The Hall–Kier alpha value is -3.03. The number of furan rings is 1. The summed E-state index contributed by atoms with van der Waals surface area (Å²) in [5.74, 6) is 1.51. The second-order valence-electron chi connectivity index (χ2n) is 6.58. The van der Waals surface area contributed by atoms with Crippen molar-refractivity contribution in [2.45, 2.75) is 18.6 Å². The van der Waals surface area contributed by atoms with Crippen LogP contribution in [-0.4, -0.2) is 26.4 Å². The maximum absolute atomic E-state index is 12.3. The van der Waals surface area contributed by atoms with Crippen molar-refractivity contribution in [3.8, 4) is 17.1 Å². The second-order valence-corrected chi connectivity index (χ2v) is 7.96. The molecule has 0 saturated heterocycles. The summed E-state index contributed by atoms with van der Waals surface area (Å²) < 4.78 is 7.22. The van der Waals surface area contributed by atoms with Gasteiger partial charge in [-0.3, -0.25) is 9.36 Å². The van der Waals surface area contributed by atoms with Gasteiger partial charge in [0.2, 0.25) is 5.91 Å². The Morgan fingerprint density at radius 3 is 2.63 bits per heavy atom. The van der Waals surface area contributed by atoms with Crippen LogP contribution >= 0.6 is 23.4 Å². The largest absolute Gasteiger partial charge is 0.467 e. The molecule has 2 aromatic heterocycles. The number of nitrogens with one attached hydrogen (secondary N) is 1. The molecule has 4 rings (SSSR count). The summed E-state index contributed by atoms with van der Waals surface area (Å²) in [6.07, 6.45) is 1.58. The Labute approximate surface area is 183 Å². The zero-order valence-corrected chi connectivity index (χ0v) is 17.8. The van der Waals surface area contributed by atoms with Gasteiger partial charge in [-0.15, -0.1) is 10.2 Å². The minimum Gasteiger partial charge on any atom is -0.467 e. The molecule has 0 aliphatic heterocycles. The Morgan fingerprint density at radius 1 is 1.10 bits per heavy atom. The molecule has 0 atom stereocenters. The SMILES string of the molecule is Cc1ccccc1-n1c(SCC(=O)NCc2ccco2)nnc1-c1ccc(Cl)cc1. The lowest BCUT2D eigenvalue weighted by molar-refractivity contribution is -0.118. The lowest BCUT2D eigenvalue weighted by Gasteiger charge is -2.13. The van der Waals surface area contributed by atoms with E-state index in [4.69, 9.17) is 16.0 Å². The molecule has 4 aromatic rings. The highest BCUT2D eigenvalue weighted by molar-refractivity contribution is 7.99. The number of hydrogen-bond donors (Lipinski definition) is 1. The summed E-state index contributed by atoms with van der Waals surface area (Å²) in [7, 11) is 0. The number of carbonyl (C=O) groups excluding carboxylic acids is 1. The van der Waals surface area contributed by atoms with Crippen LogP contribution in [0.4, 0.5) is 0 Å².